The highest BCUT2D eigenvalue weighted by Crippen LogP contribution is 2.43. The number of ketones is 1. The van der Waals surface area contributed by atoms with Gasteiger partial charge in [-0.3, -0.25) is 4.79 Å². The molecular weight excluding hydrogens is 556 g/mol. The molecule has 2 aromatic rings. The normalized spacial score (nSPS) is 36.6. The lowest BCUT2D eigenvalue weighted by atomic mass is 9.81. The van der Waals surface area contributed by atoms with Crippen LogP contribution in [-0.4, -0.2) is 110 Å². The van der Waals surface area contributed by atoms with E-state index in [0.29, 0.717) is 5.75 Å². The van der Waals surface area contributed by atoms with Crippen molar-refractivity contribution >= 4 is 5.78 Å². The summed E-state index contributed by atoms with van der Waals surface area (Å²) in [6, 6.07) is 9.66. The number of benzene rings is 2. The van der Waals surface area contributed by atoms with Gasteiger partial charge in [0.25, 0.3) is 0 Å². The summed E-state index contributed by atoms with van der Waals surface area (Å²) in [6.07, 6.45) is -12.8. The van der Waals surface area contributed by atoms with Crippen molar-refractivity contribution in [1.82, 2.24) is 0 Å². The van der Waals surface area contributed by atoms with Crippen LogP contribution in [0, 0.1) is 5.92 Å². The SMILES string of the molecule is COc1ccc([C@@H]2CC(=O)c3c(O)cc(O[C@@H]4C[C@H](CO[C@@H]5O[C@@H](C)[C@H](O)[C@@H](O)[C@H]5O)[C@@H](O)[C@H](O)[C@H]4O)cc3O2)cc1. The quantitative estimate of drug-likeness (QED) is 0.223. The second-order valence-electron chi connectivity index (χ2n) is 11.0. The molecule has 0 bridgehead atoms. The molecule has 0 aromatic heterocycles. The number of phenolic OH excluding ortho intramolecular Hbond substituents is 1. The molecule has 2 aromatic carbocycles. The van der Waals surface area contributed by atoms with E-state index in [1.165, 1.54) is 19.1 Å². The first-order valence-corrected chi connectivity index (χ1v) is 13.7. The Kier molecular flexibility index (Phi) is 8.92. The highest BCUT2D eigenvalue weighted by molar-refractivity contribution is 6.02. The molecule has 3 aliphatic rings. The second kappa shape index (κ2) is 12.3. The van der Waals surface area contributed by atoms with Crippen molar-refractivity contribution in [2.24, 2.45) is 5.92 Å². The molecule has 0 spiro atoms. The number of hydrogen-bond donors (Lipinski definition) is 7. The predicted molar refractivity (Wildman–Crippen MR) is 142 cm³/mol. The molecular formula is C29H36O13. The van der Waals surface area contributed by atoms with E-state index in [4.69, 9.17) is 23.7 Å². The van der Waals surface area contributed by atoms with E-state index in [0.717, 1.165) is 5.56 Å². The van der Waals surface area contributed by atoms with Gasteiger partial charge in [-0.25, -0.2) is 0 Å². The second-order valence-corrected chi connectivity index (χ2v) is 11.0. The van der Waals surface area contributed by atoms with E-state index in [-0.39, 0.29) is 48.0 Å². The fraction of sp³-hybridized carbons (Fsp3) is 0.552. The highest BCUT2D eigenvalue weighted by atomic mass is 16.7. The predicted octanol–water partition coefficient (Wildman–Crippen LogP) is -0.199. The number of Topliss-reactive ketones (excluding diaryl/α,β-unsaturated/α-hetero) is 1. The van der Waals surface area contributed by atoms with E-state index in [9.17, 15) is 40.5 Å². The number of carbonyl (C=O) groups excluding carboxylic acids is 1. The largest absolute Gasteiger partial charge is 0.507 e. The molecule has 2 heterocycles. The average Bonchev–Trinajstić information content (AvgIpc) is 2.97. The number of hydrogen-bond acceptors (Lipinski definition) is 13. The van der Waals surface area contributed by atoms with E-state index >= 15 is 0 Å². The molecule has 2 fully saturated rings. The zero-order chi connectivity index (χ0) is 30.3. The topological polar surface area (TPSA) is 205 Å². The summed E-state index contributed by atoms with van der Waals surface area (Å²) in [6.45, 7) is 1.25. The van der Waals surface area contributed by atoms with Crippen LogP contribution in [0.1, 0.15) is 41.8 Å². The average molecular weight is 593 g/mol. The first-order valence-electron chi connectivity index (χ1n) is 13.7. The number of carbonyl (C=O) groups is 1. The first kappa shape index (κ1) is 30.4. The van der Waals surface area contributed by atoms with E-state index in [1.807, 2.05) is 0 Å². The van der Waals surface area contributed by atoms with Crippen molar-refractivity contribution < 1.29 is 64.2 Å². The van der Waals surface area contributed by atoms with Gasteiger partial charge in [-0.1, -0.05) is 12.1 Å². The van der Waals surface area contributed by atoms with Gasteiger partial charge in [-0.15, -0.1) is 0 Å². The van der Waals surface area contributed by atoms with Gasteiger partial charge in [-0.05, 0) is 31.0 Å². The third kappa shape index (κ3) is 5.92. The van der Waals surface area contributed by atoms with Gasteiger partial charge in [0.1, 0.15) is 71.3 Å². The van der Waals surface area contributed by atoms with Crippen LogP contribution in [0.25, 0.3) is 0 Å². The number of phenols is 1. The standard InChI is InChI=1S/C29H36O13/c1-12-23(32)26(35)28(37)29(40-12)39-11-14-7-21(25(34)27(36)24(14)33)41-16-8-17(30)22-18(31)10-19(42-20(22)9-16)13-3-5-15(38-2)6-4-13/h3-6,8-9,12,14,19,21,23-30,32-37H,7,10-11H2,1-2H3/t12-,14+,19-,21+,23-,24+,25-,26+,27-,28+,29+/m0/s1. The third-order valence-electron chi connectivity index (χ3n) is 8.13. The Morgan fingerprint density at radius 2 is 1.57 bits per heavy atom. The summed E-state index contributed by atoms with van der Waals surface area (Å²) < 4.78 is 28.2. The fourth-order valence-corrected chi connectivity index (χ4v) is 5.59. The molecule has 1 saturated heterocycles. The summed E-state index contributed by atoms with van der Waals surface area (Å²) in [5.74, 6) is -0.708. The lowest BCUT2D eigenvalue weighted by Gasteiger charge is -2.42. The molecule has 5 rings (SSSR count). The third-order valence-corrected chi connectivity index (χ3v) is 8.13. The maximum atomic E-state index is 12.9. The van der Waals surface area contributed by atoms with Gasteiger partial charge in [0.2, 0.25) is 0 Å². The number of fused-ring (bicyclic) bond motifs is 1. The Hall–Kier alpha value is -3.01. The molecule has 13 nitrogen and oxygen atoms in total. The van der Waals surface area contributed by atoms with Crippen LogP contribution >= 0.6 is 0 Å². The van der Waals surface area contributed by atoms with Crippen LogP contribution < -0.4 is 14.2 Å². The van der Waals surface area contributed by atoms with Crippen molar-refractivity contribution in [3.8, 4) is 23.0 Å². The minimum atomic E-state index is -1.62. The molecule has 1 aliphatic carbocycles. The lowest BCUT2D eigenvalue weighted by Crippen LogP contribution is -2.59. The van der Waals surface area contributed by atoms with Gasteiger partial charge in [0.05, 0.1) is 32.3 Å². The maximum Gasteiger partial charge on any atom is 0.186 e. The summed E-state index contributed by atoms with van der Waals surface area (Å²) in [5, 5.41) is 72.6. The van der Waals surface area contributed by atoms with Gasteiger partial charge >= 0.3 is 0 Å². The number of aliphatic hydroxyl groups is 6. The lowest BCUT2D eigenvalue weighted by molar-refractivity contribution is -0.299. The van der Waals surface area contributed by atoms with Crippen molar-refractivity contribution in [3.63, 3.8) is 0 Å². The van der Waals surface area contributed by atoms with Crippen LogP contribution in [0.3, 0.4) is 0 Å². The van der Waals surface area contributed by atoms with Crippen LogP contribution in [0.2, 0.25) is 0 Å². The Labute approximate surface area is 241 Å². The molecule has 7 N–H and O–H groups in total. The molecule has 2 aliphatic heterocycles. The van der Waals surface area contributed by atoms with Crippen molar-refractivity contribution in [1.29, 1.82) is 0 Å². The Bertz CT molecular complexity index is 1250. The van der Waals surface area contributed by atoms with Gasteiger partial charge in [-0.2, -0.15) is 0 Å². The van der Waals surface area contributed by atoms with Crippen molar-refractivity contribution in [2.45, 2.75) is 81.0 Å². The zero-order valence-corrected chi connectivity index (χ0v) is 23.0. The first-order chi connectivity index (χ1) is 20.0. The number of aromatic hydroxyl groups is 1. The Balaban J connectivity index is 1.29. The Morgan fingerprint density at radius 1 is 0.881 bits per heavy atom. The smallest absolute Gasteiger partial charge is 0.186 e. The van der Waals surface area contributed by atoms with E-state index in [1.54, 1.807) is 31.4 Å². The molecule has 0 amide bonds. The van der Waals surface area contributed by atoms with Gasteiger partial charge < -0.3 is 59.4 Å². The maximum absolute atomic E-state index is 12.9. The van der Waals surface area contributed by atoms with E-state index in [2.05, 4.69) is 0 Å². The zero-order valence-electron chi connectivity index (χ0n) is 23.0. The number of ether oxygens (including phenoxy) is 5. The summed E-state index contributed by atoms with van der Waals surface area (Å²) in [4.78, 5) is 12.9. The minimum absolute atomic E-state index is 0.00520. The summed E-state index contributed by atoms with van der Waals surface area (Å²) >= 11 is 0. The molecule has 230 valence electrons. The van der Waals surface area contributed by atoms with Crippen molar-refractivity contribution in [2.75, 3.05) is 13.7 Å². The monoisotopic (exact) mass is 592 g/mol. The highest BCUT2D eigenvalue weighted by Gasteiger charge is 2.46. The van der Waals surface area contributed by atoms with Gasteiger partial charge in [0.15, 0.2) is 12.1 Å². The molecule has 0 unspecified atom stereocenters. The number of aliphatic hydroxyl groups excluding tert-OH is 6. The summed E-state index contributed by atoms with van der Waals surface area (Å²) in [7, 11) is 1.54. The minimum Gasteiger partial charge on any atom is -0.507 e. The molecule has 0 radical (unpaired) electrons. The number of rotatable bonds is 7. The van der Waals surface area contributed by atoms with Crippen molar-refractivity contribution in [3.05, 3.63) is 47.5 Å². The Morgan fingerprint density at radius 3 is 2.26 bits per heavy atom. The van der Waals surface area contributed by atoms with E-state index < -0.39 is 67.1 Å². The molecule has 1 saturated carbocycles. The number of methoxy groups -OCH3 is 1. The molecule has 13 heteroatoms. The van der Waals surface area contributed by atoms with Crippen LogP contribution in [0.4, 0.5) is 0 Å². The molecule has 42 heavy (non-hydrogen) atoms. The fourth-order valence-electron chi connectivity index (χ4n) is 5.59. The van der Waals surface area contributed by atoms with Gasteiger partial charge in [0, 0.05) is 18.1 Å². The van der Waals surface area contributed by atoms with Crippen LogP contribution in [-0.2, 0) is 9.47 Å². The van der Waals surface area contributed by atoms with Crippen LogP contribution in [0.5, 0.6) is 23.0 Å². The molecule has 11 atom stereocenters. The summed E-state index contributed by atoms with van der Waals surface area (Å²) in [5.41, 5.74) is 0.734. The van der Waals surface area contributed by atoms with Crippen LogP contribution in [0.15, 0.2) is 36.4 Å².